The largest absolute Gasteiger partial charge is 0.457 e. The van der Waals surface area contributed by atoms with Gasteiger partial charge in [-0.2, -0.15) is 0 Å². The van der Waals surface area contributed by atoms with E-state index in [0.717, 1.165) is 53.3 Å². The number of hydrogen-bond acceptors (Lipinski definition) is 4. The molecule has 1 saturated heterocycles. The molecule has 1 atom stereocenters. The molecule has 0 aliphatic carbocycles. The van der Waals surface area contributed by atoms with E-state index in [-0.39, 0.29) is 0 Å². The molecule has 27 heavy (non-hydrogen) atoms. The average molecular weight is 357 g/mol. The van der Waals surface area contributed by atoms with Crippen LogP contribution in [0.1, 0.15) is 12.5 Å². The zero-order chi connectivity index (χ0) is 18.1. The average Bonchev–Trinajstić information content (AvgIpc) is 3.37. The second-order valence-electron chi connectivity index (χ2n) is 6.67. The lowest BCUT2D eigenvalue weighted by molar-refractivity contribution is 0.187. The van der Waals surface area contributed by atoms with Gasteiger partial charge in [0.15, 0.2) is 0 Å². The monoisotopic (exact) mass is 357 g/mol. The summed E-state index contributed by atoms with van der Waals surface area (Å²) >= 11 is 0. The number of nitrogens with zero attached hydrogens (tertiary/aromatic N) is 3. The molecule has 0 amide bonds. The Bertz CT molecular complexity index is 1050. The van der Waals surface area contributed by atoms with Crippen LogP contribution in [0.4, 0.5) is 0 Å². The minimum absolute atomic E-state index is 0.330. The van der Waals surface area contributed by atoms with Crippen LogP contribution in [0.25, 0.3) is 22.2 Å². The van der Waals surface area contributed by atoms with Crippen LogP contribution in [0.15, 0.2) is 73.3 Å². The van der Waals surface area contributed by atoms with Gasteiger partial charge in [0, 0.05) is 30.0 Å². The maximum Gasteiger partial charge on any atom is 0.144 e. The maximum absolute atomic E-state index is 5.90. The molecule has 1 unspecified atom stereocenters. The van der Waals surface area contributed by atoms with Crippen LogP contribution in [0.5, 0.6) is 11.5 Å². The van der Waals surface area contributed by atoms with Crippen molar-refractivity contribution in [1.82, 2.24) is 14.5 Å². The van der Waals surface area contributed by atoms with Crippen molar-refractivity contribution < 1.29 is 9.47 Å². The molecular formula is C22H19N3O2. The third-order valence-electron chi connectivity index (χ3n) is 4.94. The van der Waals surface area contributed by atoms with Crippen molar-refractivity contribution in [1.29, 1.82) is 0 Å². The van der Waals surface area contributed by atoms with Gasteiger partial charge in [-0.15, -0.1) is 0 Å². The highest BCUT2D eigenvalue weighted by molar-refractivity contribution is 5.93. The molecule has 0 saturated carbocycles. The Hall–Kier alpha value is -3.18. The number of ether oxygens (including phenoxy) is 2. The van der Waals surface area contributed by atoms with E-state index in [1.165, 1.54) is 0 Å². The molecule has 2 aromatic heterocycles. The first-order chi connectivity index (χ1) is 13.4. The van der Waals surface area contributed by atoms with Crippen molar-refractivity contribution in [2.45, 2.75) is 12.5 Å². The van der Waals surface area contributed by atoms with E-state index >= 15 is 0 Å². The maximum atomic E-state index is 5.90. The van der Waals surface area contributed by atoms with Gasteiger partial charge in [0.1, 0.15) is 23.5 Å². The second kappa shape index (κ2) is 6.85. The highest BCUT2D eigenvalue weighted by Gasteiger charge is 2.22. The first-order valence-corrected chi connectivity index (χ1v) is 9.10. The fraction of sp³-hybridized carbons (Fsp3) is 0.182. The van der Waals surface area contributed by atoms with Crippen LogP contribution in [0.2, 0.25) is 0 Å². The van der Waals surface area contributed by atoms with Gasteiger partial charge in [-0.1, -0.05) is 30.3 Å². The van der Waals surface area contributed by atoms with Crippen molar-refractivity contribution in [2.75, 3.05) is 13.2 Å². The molecule has 4 aromatic rings. The van der Waals surface area contributed by atoms with Gasteiger partial charge in [-0.25, -0.2) is 9.97 Å². The fourth-order valence-electron chi connectivity index (χ4n) is 3.57. The second-order valence-corrected chi connectivity index (χ2v) is 6.67. The van der Waals surface area contributed by atoms with Gasteiger partial charge < -0.3 is 14.0 Å². The highest BCUT2D eigenvalue weighted by atomic mass is 16.5. The zero-order valence-corrected chi connectivity index (χ0v) is 14.8. The zero-order valence-electron chi connectivity index (χ0n) is 14.8. The smallest absolute Gasteiger partial charge is 0.144 e. The molecule has 1 aliphatic heterocycles. The third kappa shape index (κ3) is 3.06. The summed E-state index contributed by atoms with van der Waals surface area (Å²) < 4.78 is 13.7. The van der Waals surface area contributed by atoms with Crippen LogP contribution in [-0.2, 0) is 4.74 Å². The summed E-state index contributed by atoms with van der Waals surface area (Å²) in [5, 5.41) is 1.06. The molecule has 5 rings (SSSR count). The number of aromatic nitrogens is 3. The quantitative estimate of drug-likeness (QED) is 0.524. The molecule has 5 heteroatoms. The van der Waals surface area contributed by atoms with E-state index in [4.69, 9.17) is 9.47 Å². The molecule has 3 heterocycles. The Labute approximate surface area is 157 Å². The molecule has 0 radical (unpaired) electrons. The first kappa shape index (κ1) is 16.0. The topological polar surface area (TPSA) is 49.2 Å². The molecule has 1 fully saturated rings. The van der Waals surface area contributed by atoms with E-state index in [1.807, 2.05) is 48.7 Å². The summed E-state index contributed by atoms with van der Waals surface area (Å²) in [4.78, 5) is 8.75. The molecule has 0 spiro atoms. The Kier molecular flexibility index (Phi) is 4.07. The standard InChI is InChI=1S/C22H19N3O2/c1-2-4-18(5-3-1)27-19-8-6-16(7-9-19)21-13-25(17-10-11-26-14-17)22-20(21)12-23-15-24-22/h1-9,12-13,15,17H,10-11,14H2. The van der Waals surface area contributed by atoms with Crippen molar-refractivity contribution in [2.24, 2.45) is 0 Å². The van der Waals surface area contributed by atoms with Crippen LogP contribution >= 0.6 is 0 Å². The molecule has 1 aliphatic rings. The van der Waals surface area contributed by atoms with Crippen molar-refractivity contribution in [3.05, 3.63) is 73.3 Å². The lowest BCUT2D eigenvalue weighted by atomic mass is 10.1. The number of rotatable bonds is 4. The van der Waals surface area contributed by atoms with E-state index in [9.17, 15) is 0 Å². The summed E-state index contributed by atoms with van der Waals surface area (Å²) in [6.45, 7) is 1.54. The predicted molar refractivity (Wildman–Crippen MR) is 104 cm³/mol. The van der Waals surface area contributed by atoms with E-state index in [0.29, 0.717) is 6.04 Å². The van der Waals surface area contributed by atoms with E-state index in [2.05, 4.69) is 32.9 Å². The lowest BCUT2D eigenvalue weighted by Crippen LogP contribution is -2.07. The van der Waals surface area contributed by atoms with Crippen LogP contribution in [-0.4, -0.2) is 27.7 Å². The van der Waals surface area contributed by atoms with E-state index < -0.39 is 0 Å². The van der Waals surface area contributed by atoms with Gasteiger partial charge in [-0.3, -0.25) is 0 Å². The Morgan fingerprint density at radius 1 is 1.00 bits per heavy atom. The van der Waals surface area contributed by atoms with Crippen molar-refractivity contribution >= 4 is 11.0 Å². The number of benzene rings is 2. The lowest BCUT2D eigenvalue weighted by Gasteiger charge is -2.10. The molecular weight excluding hydrogens is 338 g/mol. The van der Waals surface area contributed by atoms with E-state index in [1.54, 1.807) is 6.33 Å². The summed E-state index contributed by atoms with van der Waals surface area (Å²) in [6.07, 6.45) is 6.68. The number of para-hydroxylation sites is 1. The number of fused-ring (bicyclic) bond motifs is 1. The van der Waals surface area contributed by atoms with Crippen LogP contribution in [0, 0.1) is 0 Å². The van der Waals surface area contributed by atoms with Crippen LogP contribution < -0.4 is 4.74 Å². The van der Waals surface area contributed by atoms with Crippen molar-refractivity contribution in [3.63, 3.8) is 0 Å². The SMILES string of the molecule is c1ccc(Oc2ccc(-c3cn(C4CCOC4)c4ncncc34)cc2)cc1. The normalized spacial score (nSPS) is 16.7. The van der Waals surface area contributed by atoms with Crippen LogP contribution in [0.3, 0.4) is 0 Å². The molecule has 0 N–H and O–H groups in total. The molecule has 0 bridgehead atoms. The summed E-state index contributed by atoms with van der Waals surface area (Å²) in [5.41, 5.74) is 3.21. The minimum Gasteiger partial charge on any atom is -0.457 e. The summed E-state index contributed by atoms with van der Waals surface area (Å²) in [5.74, 6) is 1.64. The predicted octanol–water partition coefficient (Wildman–Crippen LogP) is 4.85. The third-order valence-corrected chi connectivity index (χ3v) is 4.94. The van der Waals surface area contributed by atoms with Gasteiger partial charge in [0.05, 0.1) is 12.6 Å². The highest BCUT2D eigenvalue weighted by Crippen LogP contribution is 2.34. The minimum atomic E-state index is 0.330. The fourth-order valence-corrected chi connectivity index (χ4v) is 3.57. The summed E-state index contributed by atoms with van der Waals surface area (Å²) in [6, 6.07) is 18.3. The first-order valence-electron chi connectivity index (χ1n) is 9.10. The Morgan fingerprint density at radius 2 is 1.81 bits per heavy atom. The Morgan fingerprint density at radius 3 is 2.59 bits per heavy atom. The van der Waals surface area contributed by atoms with Gasteiger partial charge in [-0.05, 0) is 36.2 Å². The Balaban J connectivity index is 1.50. The molecule has 5 nitrogen and oxygen atoms in total. The van der Waals surface area contributed by atoms with Gasteiger partial charge in [0.2, 0.25) is 0 Å². The number of hydrogen-bond donors (Lipinski definition) is 0. The molecule has 134 valence electrons. The summed E-state index contributed by atoms with van der Waals surface area (Å²) in [7, 11) is 0. The van der Waals surface area contributed by atoms with Gasteiger partial charge >= 0.3 is 0 Å². The van der Waals surface area contributed by atoms with Gasteiger partial charge in [0.25, 0.3) is 0 Å². The molecule has 2 aromatic carbocycles. The van der Waals surface area contributed by atoms with Crippen molar-refractivity contribution in [3.8, 4) is 22.6 Å².